The van der Waals surface area contributed by atoms with Crippen molar-refractivity contribution in [2.45, 2.75) is 17.1 Å². The Morgan fingerprint density at radius 1 is 0.771 bits per heavy atom. The summed E-state index contributed by atoms with van der Waals surface area (Å²) in [5, 5.41) is -0.295. The maximum Gasteiger partial charge on any atom is 0.416 e. The summed E-state index contributed by atoms with van der Waals surface area (Å²) >= 11 is 5.97. The van der Waals surface area contributed by atoms with Gasteiger partial charge in [0.15, 0.2) is 0 Å². The van der Waals surface area contributed by atoms with Gasteiger partial charge in [0.2, 0.25) is 10.0 Å². The molecule has 0 unspecified atom stereocenters. The first kappa shape index (κ1) is 25.6. The van der Waals surface area contributed by atoms with Gasteiger partial charge < -0.3 is 0 Å². The minimum Gasteiger partial charge on any atom is -0.290 e. The van der Waals surface area contributed by atoms with Crippen molar-refractivity contribution in [3.05, 3.63) is 100 Å². The molecule has 1 fully saturated rings. The lowest BCUT2D eigenvalue weighted by molar-refractivity contribution is -0.137. The van der Waals surface area contributed by atoms with Crippen molar-refractivity contribution < 1.29 is 30.4 Å². The Labute approximate surface area is 204 Å². The van der Waals surface area contributed by atoms with Crippen LogP contribution in [-0.4, -0.2) is 43.8 Å². The second kappa shape index (κ2) is 9.85. The van der Waals surface area contributed by atoms with Gasteiger partial charge >= 0.3 is 6.18 Å². The van der Waals surface area contributed by atoms with Crippen LogP contribution in [0.25, 0.3) is 0 Å². The van der Waals surface area contributed by atoms with Crippen molar-refractivity contribution in [3.8, 4) is 0 Å². The van der Waals surface area contributed by atoms with Crippen LogP contribution in [0.5, 0.6) is 0 Å². The number of halogens is 6. The van der Waals surface area contributed by atoms with Crippen LogP contribution in [0.15, 0.2) is 71.6 Å². The molecule has 0 N–H and O–H groups in total. The third-order valence-corrected chi connectivity index (χ3v) is 8.27. The second-order valence-electron chi connectivity index (χ2n) is 8.09. The lowest BCUT2D eigenvalue weighted by Gasteiger charge is -2.39. The summed E-state index contributed by atoms with van der Waals surface area (Å²) in [6.07, 6.45) is -4.72. The topological polar surface area (TPSA) is 40.6 Å². The van der Waals surface area contributed by atoms with Gasteiger partial charge in [-0.3, -0.25) is 4.90 Å². The molecule has 4 rings (SSSR count). The van der Waals surface area contributed by atoms with E-state index in [-0.39, 0.29) is 31.2 Å². The largest absolute Gasteiger partial charge is 0.416 e. The van der Waals surface area contributed by atoms with Gasteiger partial charge in [-0.1, -0.05) is 35.9 Å². The van der Waals surface area contributed by atoms with E-state index in [0.717, 1.165) is 27.6 Å². The number of sulfonamides is 1. The van der Waals surface area contributed by atoms with Crippen LogP contribution in [0.4, 0.5) is 22.0 Å². The van der Waals surface area contributed by atoms with Gasteiger partial charge in [0.1, 0.15) is 16.5 Å². The highest BCUT2D eigenvalue weighted by atomic mass is 35.5. The van der Waals surface area contributed by atoms with Crippen LogP contribution in [-0.2, 0) is 16.2 Å². The fourth-order valence-corrected chi connectivity index (χ4v) is 6.05. The van der Waals surface area contributed by atoms with E-state index in [2.05, 4.69) is 0 Å². The Morgan fingerprint density at radius 2 is 1.26 bits per heavy atom. The van der Waals surface area contributed by atoms with Gasteiger partial charge in [-0.15, -0.1) is 0 Å². The van der Waals surface area contributed by atoms with Gasteiger partial charge in [-0.25, -0.2) is 17.2 Å². The molecule has 3 aromatic carbocycles. The smallest absolute Gasteiger partial charge is 0.290 e. The van der Waals surface area contributed by atoms with E-state index >= 15 is 0 Å². The molecule has 0 bridgehead atoms. The van der Waals surface area contributed by atoms with Gasteiger partial charge in [-0.2, -0.15) is 17.5 Å². The van der Waals surface area contributed by atoms with E-state index < -0.39 is 44.3 Å². The van der Waals surface area contributed by atoms with Crippen LogP contribution in [0.1, 0.15) is 22.7 Å². The van der Waals surface area contributed by atoms with Crippen molar-refractivity contribution in [1.29, 1.82) is 0 Å². The van der Waals surface area contributed by atoms with Gasteiger partial charge in [0.25, 0.3) is 0 Å². The highest BCUT2D eigenvalue weighted by Gasteiger charge is 2.36. The van der Waals surface area contributed by atoms with Crippen molar-refractivity contribution in [2.75, 3.05) is 26.2 Å². The third kappa shape index (κ3) is 5.50. The Balaban J connectivity index is 1.59. The number of nitrogens with zero attached hydrogens (tertiary/aromatic N) is 2. The fraction of sp³-hybridized carbons (Fsp3) is 0.250. The average molecular weight is 531 g/mol. The number of benzene rings is 3. The maximum absolute atomic E-state index is 13.5. The fourth-order valence-electron chi connectivity index (χ4n) is 4.12. The summed E-state index contributed by atoms with van der Waals surface area (Å²) in [5.74, 6) is -0.832. The molecular formula is C24H20ClF5N2O2S. The predicted octanol–water partition coefficient (Wildman–Crippen LogP) is 5.73. The standard InChI is InChI=1S/C24H20ClF5N2O2S/c25-21-10-5-18(24(28,29)30)15-22(21)35(33,34)32-13-11-31(12-14-32)23(16-1-6-19(26)7-2-16)17-3-8-20(27)9-4-17/h1-10,15,23H,11-14H2. The Bertz CT molecular complexity index is 1250. The molecular weight excluding hydrogens is 511 g/mol. The molecule has 3 aromatic rings. The molecule has 0 atom stereocenters. The second-order valence-corrected chi connectivity index (χ2v) is 10.4. The van der Waals surface area contributed by atoms with Crippen LogP contribution >= 0.6 is 11.6 Å². The van der Waals surface area contributed by atoms with Crippen molar-refractivity contribution >= 4 is 21.6 Å². The number of hydrogen-bond acceptors (Lipinski definition) is 3. The molecule has 0 radical (unpaired) electrons. The zero-order valence-corrected chi connectivity index (χ0v) is 19.7. The van der Waals surface area contributed by atoms with E-state index in [9.17, 15) is 30.4 Å². The molecule has 4 nitrogen and oxygen atoms in total. The molecule has 0 saturated carbocycles. The molecule has 1 saturated heterocycles. The van der Waals surface area contributed by atoms with E-state index in [1.807, 2.05) is 4.90 Å². The third-order valence-electron chi connectivity index (χ3n) is 5.89. The maximum atomic E-state index is 13.5. The quantitative estimate of drug-likeness (QED) is 0.395. The minimum absolute atomic E-state index is 0.00615. The highest BCUT2D eigenvalue weighted by Crippen LogP contribution is 2.35. The molecule has 1 heterocycles. The molecule has 0 aromatic heterocycles. The molecule has 0 amide bonds. The van der Waals surface area contributed by atoms with Gasteiger partial charge in [0.05, 0.1) is 16.6 Å². The van der Waals surface area contributed by atoms with Crippen LogP contribution in [0.2, 0.25) is 5.02 Å². The monoisotopic (exact) mass is 530 g/mol. The minimum atomic E-state index is -4.72. The summed E-state index contributed by atoms with van der Waals surface area (Å²) in [6, 6.07) is 13.5. The first-order valence-corrected chi connectivity index (χ1v) is 12.4. The summed E-state index contributed by atoms with van der Waals surface area (Å²) in [7, 11) is -4.29. The number of alkyl halides is 3. The molecule has 35 heavy (non-hydrogen) atoms. The molecule has 0 spiro atoms. The number of hydrogen-bond donors (Lipinski definition) is 0. The first-order chi connectivity index (χ1) is 16.5. The molecule has 1 aliphatic heterocycles. The summed E-state index contributed by atoms with van der Waals surface area (Å²) in [5.41, 5.74) is 0.359. The Hall–Kier alpha value is -2.53. The summed E-state index contributed by atoms with van der Waals surface area (Å²) < 4.78 is 93.8. The number of rotatable bonds is 5. The van der Waals surface area contributed by atoms with Crippen molar-refractivity contribution in [1.82, 2.24) is 9.21 Å². The van der Waals surface area contributed by atoms with Crippen molar-refractivity contribution in [2.24, 2.45) is 0 Å². The van der Waals surface area contributed by atoms with E-state index in [1.165, 1.54) is 24.3 Å². The number of piperazine rings is 1. The zero-order chi connectivity index (χ0) is 25.4. The normalized spacial score (nSPS) is 16.1. The molecule has 186 valence electrons. The Morgan fingerprint density at radius 3 is 1.71 bits per heavy atom. The Kier molecular flexibility index (Phi) is 7.19. The SMILES string of the molecule is O=S(=O)(c1cc(C(F)(F)F)ccc1Cl)N1CCN(C(c2ccc(F)cc2)c2ccc(F)cc2)CC1. The molecule has 11 heteroatoms. The van der Waals surface area contributed by atoms with E-state index in [1.54, 1.807) is 24.3 Å². The van der Waals surface area contributed by atoms with E-state index in [0.29, 0.717) is 6.07 Å². The lowest BCUT2D eigenvalue weighted by atomic mass is 9.96. The van der Waals surface area contributed by atoms with Crippen LogP contribution in [0.3, 0.4) is 0 Å². The molecule has 1 aliphatic rings. The summed E-state index contributed by atoms with van der Waals surface area (Å²) in [4.78, 5) is 1.36. The van der Waals surface area contributed by atoms with Crippen LogP contribution < -0.4 is 0 Å². The van der Waals surface area contributed by atoms with Crippen molar-refractivity contribution in [3.63, 3.8) is 0 Å². The zero-order valence-electron chi connectivity index (χ0n) is 18.1. The van der Waals surface area contributed by atoms with Gasteiger partial charge in [-0.05, 0) is 53.6 Å². The first-order valence-electron chi connectivity index (χ1n) is 10.6. The highest BCUT2D eigenvalue weighted by molar-refractivity contribution is 7.89. The average Bonchev–Trinajstić information content (AvgIpc) is 2.81. The lowest BCUT2D eigenvalue weighted by Crippen LogP contribution is -2.49. The summed E-state index contributed by atoms with van der Waals surface area (Å²) in [6.45, 7) is 0.450. The van der Waals surface area contributed by atoms with E-state index in [4.69, 9.17) is 11.6 Å². The predicted molar refractivity (Wildman–Crippen MR) is 121 cm³/mol. The van der Waals surface area contributed by atoms with Gasteiger partial charge in [0, 0.05) is 26.2 Å². The van der Waals surface area contributed by atoms with Crippen LogP contribution in [0, 0.1) is 11.6 Å². The molecule has 0 aliphatic carbocycles.